The first-order valence-electron chi connectivity index (χ1n) is 5.21. The Hall–Kier alpha value is -0.720. The van der Waals surface area contributed by atoms with Crippen molar-refractivity contribution in [1.82, 2.24) is 9.97 Å². The number of thiophene rings is 1. The highest BCUT2D eigenvalue weighted by atomic mass is 32.2. The molecule has 0 radical (unpaired) electrons. The minimum atomic E-state index is 0.222. The zero-order valence-corrected chi connectivity index (χ0v) is 12.1. The molecule has 0 saturated heterocycles. The fourth-order valence-corrected chi connectivity index (χ4v) is 3.48. The Balaban J connectivity index is 2.21. The Kier molecular flexibility index (Phi) is 3.96. The predicted molar refractivity (Wildman–Crippen MR) is 78.8 cm³/mol. The maximum Gasteiger partial charge on any atom is 0.128 e. The number of aromatic nitrogens is 2. The first-order chi connectivity index (χ1) is 8.08. The number of fused-ring (bicyclic) bond motifs is 1. The van der Waals surface area contributed by atoms with E-state index in [1.807, 2.05) is 6.92 Å². The fourth-order valence-electron chi connectivity index (χ4n) is 1.36. The second-order valence-electron chi connectivity index (χ2n) is 3.87. The molecule has 0 bridgehead atoms. The molecular formula is C11H13N3S3. The van der Waals surface area contributed by atoms with Crippen molar-refractivity contribution in [3.8, 4) is 0 Å². The van der Waals surface area contributed by atoms with Gasteiger partial charge in [-0.3, -0.25) is 0 Å². The third kappa shape index (κ3) is 2.94. The van der Waals surface area contributed by atoms with E-state index in [0.717, 1.165) is 21.0 Å². The first-order valence-corrected chi connectivity index (χ1v) is 7.42. The quantitative estimate of drug-likeness (QED) is 0.531. The third-order valence-electron chi connectivity index (χ3n) is 2.37. The van der Waals surface area contributed by atoms with Crippen LogP contribution in [-0.2, 0) is 0 Å². The topological polar surface area (TPSA) is 51.8 Å². The monoisotopic (exact) mass is 283 g/mol. The number of nitrogens with zero attached hydrogens (tertiary/aromatic N) is 2. The van der Waals surface area contributed by atoms with E-state index in [1.165, 1.54) is 4.88 Å². The SMILES string of the molecule is Cc1cc2c(SCC(C)C(N)=S)ncnc2s1. The highest BCUT2D eigenvalue weighted by molar-refractivity contribution is 7.99. The highest BCUT2D eigenvalue weighted by Gasteiger charge is 2.10. The average molecular weight is 283 g/mol. The lowest BCUT2D eigenvalue weighted by molar-refractivity contribution is 0.904. The van der Waals surface area contributed by atoms with Gasteiger partial charge in [0.25, 0.3) is 0 Å². The van der Waals surface area contributed by atoms with Gasteiger partial charge < -0.3 is 5.73 Å². The summed E-state index contributed by atoms with van der Waals surface area (Å²) in [4.78, 5) is 11.5. The Labute approximate surface area is 114 Å². The van der Waals surface area contributed by atoms with E-state index >= 15 is 0 Å². The van der Waals surface area contributed by atoms with E-state index in [1.54, 1.807) is 29.4 Å². The minimum Gasteiger partial charge on any atom is -0.393 e. The van der Waals surface area contributed by atoms with E-state index in [0.29, 0.717) is 4.99 Å². The van der Waals surface area contributed by atoms with Gasteiger partial charge in [-0.2, -0.15) is 0 Å². The molecule has 0 saturated carbocycles. The summed E-state index contributed by atoms with van der Waals surface area (Å²) in [5, 5.41) is 2.15. The van der Waals surface area contributed by atoms with Gasteiger partial charge in [-0.15, -0.1) is 23.1 Å². The molecule has 90 valence electrons. The zero-order valence-electron chi connectivity index (χ0n) is 9.64. The van der Waals surface area contributed by atoms with E-state index in [-0.39, 0.29) is 5.92 Å². The number of aryl methyl sites for hydroxylation is 1. The van der Waals surface area contributed by atoms with Gasteiger partial charge in [0.05, 0.1) is 4.99 Å². The molecular weight excluding hydrogens is 270 g/mol. The first kappa shape index (κ1) is 12.7. The van der Waals surface area contributed by atoms with Crippen molar-refractivity contribution >= 4 is 50.5 Å². The molecule has 1 atom stereocenters. The molecule has 0 fully saturated rings. The van der Waals surface area contributed by atoms with E-state index in [4.69, 9.17) is 18.0 Å². The predicted octanol–water partition coefficient (Wildman–Crippen LogP) is 3.01. The van der Waals surface area contributed by atoms with Crippen molar-refractivity contribution in [2.24, 2.45) is 11.7 Å². The molecule has 0 aromatic carbocycles. The highest BCUT2D eigenvalue weighted by Crippen LogP contribution is 2.31. The van der Waals surface area contributed by atoms with Crippen LogP contribution in [0.15, 0.2) is 17.4 Å². The van der Waals surface area contributed by atoms with Crippen molar-refractivity contribution in [1.29, 1.82) is 0 Å². The number of thiocarbonyl (C=S) groups is 1. The molecule has 2 heterocycles. The van der Waals surface area contributed by atoms with Gasteiger partial charge in [0.1, 0.15) is 16.2 Å². The van der Waals surface area contributed by atoms with Crippen LogP contribution >= 0.6 is 35.3 Å². The van der Waals surface area contributed by atoms with Crippen molar-refractivity contribution in [2.75, 3.05) is 5.75 Å². The number of hydrogen-bond acceptors (Lipinski definition) is 5. The van der Waals surface area contributed by atoms with Crippen LogP contribution in [0.25, 0.3) is 10.2 Å². The molecule has 3 nitrogen and oxygen atoms in total. The van der Waals surface area contributed by atoms with Gasteiger partial charge in [-0.25, -0.2) is 9.97 Å². The number of thioether (sulfide) groups is 1. The Morgan fingerprint density at radius 2 is 2.35 bits per heavy atom. The number of rotatable bonds is 4. The summed E-state index contributed by atoms with van der Waals surface area (Å²) in [5.74, 6) is 1.08. The number of hydrogen-bond donors (Lipinski definition) is 1. The van der Waals surface area contributed by atoms with E-state index in [9.17, 15) is 0 Å². The van der Waals surface area contributed by atoms with Gasteiger partial charge in [-0.05, 0) is 13.0 Å². The number of nitrogens with two attached hydrogens (primary N) is 1. The van der Waals surface area contributed by atoms with Gasteiger partial charge in [0.15, 0.2) is 0 Å². The average Bonchev–Trinajstić information content (AvgIpc) is 2.66. The van der Waals surface area contributed by atoms with Crippen LogP contribution in [0.5, 0.6) is 0 Å². The van der Waals surface area contributed by atoms with Crippen molar-refractivity contribution in [3.63, 3.8) is 0 Å². The normalized spacial score (nSPS) is 12.8. The van der Waals surface area contributed by atoms with Crippen LogP contribution in [0.4, 0.5) is 0 Å². The van der Waals surface area contributed by atoms with Gasteiger partial charge >= 0.3 is 0 Å². The summed E-state index contributed by atoms with van der Waals surface area (Å²) in [5.41, 5.74) is 5.60. The van der Waals surface area contributed by atoms with Crippen molar-refractivity contribution < 1.29 is 0 Å². The molecule has 2 aromatic heterocycles. The molecule has 17 heavy (non-hydrogen) atoms. The summed E-state index contributed by atoms with van der Waals surface area (Å²) in [6.45, 7) is 4.12. The van der Waals surface area contributed by atoms with Crippen LogP contribution < -0.4 is 5.73 Å². The minimum absolute atomic E-state index is 0.222. The van der Waals surface area contributed by atoms with E-state index < -0.39 is 0 Å². The van der Waals surface area contributed by atoms with Gasteiger partial charge in [-0.1, -0.05) is 19.1 Å². The lowest BCUT2D eigenvalue weighted by Crippen LogP contribution is -2.20. The van der Waals surface area contributed by atoms with Crippen LogP contribution in [0.1, 0.15) is 11.8 Å². The largest absolute Gasteiger partial charge is 0.393 e. The van der Waals surface area contributed by atoms with Crippen LogP contribution in [0.3, 0.4) is 0 Å². The summed E-state index contributed by atoms with van der Waals surface area (Å²) in [6, 6.07) is 2.13. The molecule has 0 spiro atoms. The Bertz CT molecular complexity index is 550. The second kappa shape index (κ2) is 5.29. The Morgan fingerprint density at radius 3 is 3.06 bits per heavy atom. The van der Waals surface area contributed by atoms with Crippen LogP contribution in [-0.4, -0.2) is 20.7 Å². The molecule has 1 unspecified atom stereocenters. The lowest BCUT2D eigenvalue weighted by atomic mass is 10.2. The molecule has 0 amide bonds. The Morgan fingerprint density at radius 1 is 1.59 bits per heavy atom. The maximum absolute atomic E-state index is 5.60. The van der Waals surface area contributed by atoms with Crippen LogP contribution in [0.2, 0.25) is 0 Å². The fraction of sp³-hybridized carbons (Fsp3) is 0.364. The zero-order chi connectivity index (χ0) is 12.4. The molecule has 2 rings (SSSR count). The molecule has 6 heteroatoms. The smallest absolute Gasteiger partial charge is 0.128 e. The molecule has 2 aromatic rings. The van der Waals surface area contributed by atoms with Crippen LogP contribution in [0, 0.1) is 12.8 Å². The van der Waals surface area contributed by atoms with E-state index in [2.05, 4.69) is 23.0 Å². The molecule has 0 aliphatic rings. The maximum atomic E-state index is 5.60. The van der Waals surface area contributed by atoms with Crippen molar-refractivity contribution in [3.05, 3.63) is 17.3 Å². The lowest BCUT2D eigenvalue weighted by Gasteiger charge is -2.08. The van der Waals surface area contributed by atoms with Gasteiger partial charge in [0, 0.05) is 21.9 Å². The molecule has 0 aliphatic carbocycles. The summed E-state index contributed by atoms with van der Waals surface area (Å²) >= 11 is 8.35. The summed E-state index contributed by atoms with van der Waals surface area (Å²) < 4.78 is 0. The van der Waals surface area contributed by atoms with Gasteiger partial charge in [0.2, 0.25) is 0 Å². The molecule has 2 N–H and O–H groups in total. The molecule has 0 aliphatic heterocycles. The third-order valence-corrected chi connectivity index (χ3v) is 5.00. The van der Waals surface area contributed by atoms with Crippen molar-refractivity contribution in [2.45, 2.75) is 18.9 Å². The summed E-state index contributed by atoms with van der Waals surface area (Å²) in [7, 11) is 0. The second-order valence-corrected chi connectivity index (χ2v) is 6.58. The standard InChI is InChI=1S/C11H13N3S3/c1-6(9(12)15)4-16-10-8-3-7(2)17-11(8)14-5-13-10/h3,5-6H,4H2,1-2H3,(H2,12,15). The summed E-state index contributed by atoms with van der Waals surface area (Å²) in [6.07, 6.45) is 1.62.